The number of rotatable bonds is 4. The smallest absolute Gasteiger partial charge is 0.269 e. The Morgan fingerprint density at radius 3 is 2.50 bits per heavy atom. The quantitative estimate of drug-likeness (QED) is 0.468. The molecule has 6 rings (SSSR count). The second-order valence-corrected chi connectivity index (χ2v) is 10.9. The van der Waals surface area contributed by atoms with E-state index in [1.807, 2.05) is 13.1 Å². The average molecular weight is 479 g/mol. The first-order valence-corrected chi connectivity index (χ1v) is 13.0. The highest BCUT2D eigenvalue weighted by molar-refractivity contribution is 7.90. The van der Waals surface area contributed by atoms with Crippen LogP contribution in [0.2, 0.25) is 0 Å². The molecule has 176 valence electrons. The van der Waals surface area contributed by atoms with Crippen molar-refractivity contribution < 1.29 is 17.9 Å². The summed E-state index contributed by atoms with van der Waals surface area (Å²) in [6.45, 7) is 3.23. The van der Waals surface area contributed by atoms with Gasteiger partial charge in [-0.3, -0.25) is 5.10 Å². The molecule has 2 aliphatic rings. The number of aryl methyl sites for hydroxylation is 1. The average Bonchev–Trinajstić information content (AvgIpc) is 3.59. The number of benzene rings is 1. The lowest BCUT2D eigenvalue weighted by Gasteiger charge is -2.35. The molecule has 4 heterocycles. The molecule has 1 aliphatic carbocycles. The number of ether oxygens (including phenoxy) is 2. The van der Waals surface area contributed by atoms with Gasteiger partial charge in [0.1, 0.15) is 0 Å². The minimum atomic E-state index is -3.81. The molecule has 3 aromatic heterocycles. The van der Waals surface area contributed by atoms with Gasteiger partial charge in [-0.2, -0.15) is 5.10 Å². The van der Waals surface area contributed by atoms with Crippen molar-refractivity contribution in [3.63, 3.8) is 0 Å². The monoisotopic (exact) mass is 478 g/mol. The molecule has 1 N–H and O–H groups in total. The van der Waals surface area contributed by atoms with E-state index in [-0.39, 0.29) is 4.90 Å². The molecule has 0 bridgehead atoms. The maximum Gasteiger partial charge on any atom is 0.269 e. The Bertz CT molecular complexity index is 1440. The maximum absolute atomic E-state index is 13.5. The van der Waals surface area contributed by atoms with E-state index >= 15 is 0 Å². The van der Waals surface area contributed by atoms with Crippen LogP contribution in [-0.2, 0) is 19.5 Å². The zero-order valence-electron chi connectivity index (χ0n) is 18.9. The fourth-order valence-corrected chi connectivity index (χ4v) is 6.58. The second-order valence-electron chi connectivity index (χ2n) is 9.06. The molecule has 1 saturated heterocycles. The molecule has 2 fully saturated rings. The maximum atomic E-state index is 13.5. The Kier molecular flexibility index (Phi) is 5.09. The molecular formula is C25H26N4O4S. The highest BCUT2D eigenvalue weighted by Crippen LogP contribution is 2.43. The van der Waals surface area contributed by atoms with E-state index in [4.69, 9.17) is 9.47 Å². The number of aromatic amines is 1. The summed E-state index contributed by atoms with van der Waals surface area (Å²) in [5, 5.41) is 7.94. The van der Waals surface area contributed by atoms with Gasteiger partial charge in [-0.1, -0.05) is 18.2 Å². The molecule has 9 heteroatoms. The van der Waals surface area contributed by atoms with E-state index in [9.17, 15) is 8.42 Å². The first kappa shape index (κ1) is 21.5. The SMILES string of the molecule is Cc1n[nH]cc1-c1cn(S(=O)(=O)c2ccccc2)c2ncc(C3CCC4(CC3)OCCO4)cc12. The lowest BCUT2D eigenvalue weighted by molar-refractivity contribution is -0.178. The van der Waals surface area contributed by atoms with Gasteiger partial charge in [0.05, 0.1) is 23.8 Å². The van der Waals surface area contributed by atoms with Crippen LogP contribution in [0.5, 0.6) is 0 Å². The number of pyridine rings is 1. The topological polar surface area (TPSA) is 99.1 Å². The van der Waals surface area contributed by atoms with Crippen molar-refractivity contribution in [1.29, 1.82) is 0 Å². The van der Waals surface area contributed by atoms with Crippen molar-refractivity contribution in [2.75, 3.05) is 13.2 Å². The molecule has 0 radical (unpaired) electrons. The highest BCUT2D eigenvalue weighted by Gasteiger charge is 2.40. The van der Waals surface area contributed by atoms with Crippen LogP contribution in [0.4, 0.5) is 0 Å². The number of hydrogen-bond acceptors (Lipinski definition) is 6. The third-order valence-electron chi connectivity index (χ3n) is 7.09. The van der Waals surface area contributed by atoms with E-state index in [0.29, 0.717) is 24.8 Å². The fraction of sp³-hybridized carbons (Fsp3) is 0.360. The van der Waals surface area contributed by atoms with Crippen LogP contribution in [0.25, 0.3) is 22.2 Å². The number of aromatic nitrogens is 4. The van der Waals surface area contributed by atoms with Gasteiger partial charge in [0.15, 0.2) is 11.4 Å². The molecule has 4 aromatic rings. The molecule has 0 amide bonds. The van der Waals surface area contributed by atoms with Gasteiger partial charge in [0, 0.05) is 47.9 Å². The van der Waals surface area contributed by atoms with Crippen molar-refractivity contribution in [2.45, 2.75) is 49.2 Å². The van der Waals surface area contributed by atoms with Crippen LogP contribution in [0.1, 0.15) is 42.9 Å². The summed E-state index contributed by atoms with van der Waals surface area (Å²) < 4.78 is 40.1. The van der Waals surface area contributed by atoms with E-state index in [1.54, 1.807) is 42.7 Å². The summed E-state index contributed by atoms with van der Waals surface area (Å²) in [7, 11) is -3.81. The third kappa shape index (κ3) is 3.46. The van der Waals surface area contributed by atoms with Crippen LogP contribution in [-0.4, -0.2) is 46.6 Å². The Morgan fingerprint density at radius 2 is 1.82 bits per heavy atom. The van der Waals surface area contributed by atoms with Crippen molar-refractivity contribution in [2.24, 2.45) is 0 Å². The highest BCUT2D eigenvalue weighted by atomic mass is 32.2. The first-order valence-electron chi connectivity index (χ1n) is 11.6. The number of nitrogens with zero attached hydrogens (tertiary/aromatic N) is 3. The summed E-state index contributed by atoms with van der Waals surface area (Å²) in [6.07, 6.45) is 8.88. The lowest BCUT2D eigenvalue weighted by Crippen LogP contribution is -2.34. The molecule has 1 aliphatic heterocycles. The normalized spacial score (nSPS) is 18.7. The van der Waals surface area contributed by atoms with E-state index in [0.717, 1.165) is 53.5 Å². The standard InChI is InChI=1S/C25H26N4O4S/c1-17-22(15-27-28-17)23-16-29(34(30,31)20-5-3-2-4-6-20)24-21(23)13-19(14-26-24)18-7-9-25(10-8-18)32-11-12-33-25/h2-6,13-16,18H,7-12H2,1H3,(H,27,28). The molecule has 1 aromatic carbocycles. The summed E-state index contributed by atoms with van der Waals surface area (Å²) in [5.41, 5.74) is 3.98. The predicted molar refractivity (Wildman–Crippen MR) is 127 cm³/mol. The Hall–Kier alpha value is -3.01. The van der Waals surface area contributed by atoms with Crippen LogP contribution < -0.4 is 0 Å². The van der Waals surface area contributed by atoms with Crippen LogP contribution in [0.15, 0.2) is 59.9 Å². The van der Waals surface area contributed by atoms with E-state index in [1.165, 1.54) is 3.97 Å². The van der Waals surface area contributed by atoms with Crippen molar-refractivity contribution in [3.05, 3.63) is 66.2 Å². The third-order valence-corrected chi connectivity index (χ3v) is 8.75. The summed E-state index contributed by atoms with van der Waals surface area (Å²) >= 11 is 0. The molecule has 0 unspecified atom stereocenters. The van der Waals surface area contributed by atoms with Gasteiger partial charge in [-0.25, -0.2) is 17.4 Å². The van der Waals surface area contributed by atoms with Gasteiger partial charge in [0.2, 0.25) is 0 Å². The molecule has 34 heavy (non-hydrogen) atoms. The summed E-state index contributed by atoms with van der Waals surface area (Å²) in [6, 6.07) is 10.5. The minimum Gasteiger partial charge on any atom is -0.348 e. The van der Waals surface area contributed by atoms with Gasteiger partial charge in [-0.05, 0) is 49.4 Å². The van der Waals surface area contributed by atoms with Gasteiger partial charge < -0.3 is 9.47 Å². The van der Waals surface area contributed by atoms with Crippen LogP contribution >= 0.6 is 0 Å². The van der Waals surface area contributed by atoms with Gasteiger partial charge >= 0.3 is 0 Å². The van der Waals surface area contributed by atoms with Gasteiger partial charge in [-0.15, -0.1) is 0 Å². The van der Waals surface area contributed by atoms with Crippen LogP contribution in [0, 0.1) is 6.92 Å². The number of fused-ring (bicyclic) bond motifs is 1. The zero-order chi connectivity index (χ0) is 23.3. The first-order chi connectivity index (χ1) is 16.5. The van der Waals surface area contributed by atoms with Crippen molar-refractivity contribution in [3.8, 4) is 11.1 Å². The largest absolute Gasteiger partial charge is 0.348 e. The van der Waals surface area contributed by atoms with E-state index < -0.39 is 15.8 Å². The number of H-pyrrole nitrogens is 1. The Labute approximate surface area is 198 Å². The van der Waals surface area contributed by atoms with Crippen LogP contribution in [0.3, 0.4) is 0 Å². The second kappa shape index (κ2) is 8.04. The fourth-order valence-electron chi connectivity index (χ4n) is 5.23. The molecule has 1 spiro atoms. The van der Waals surface area contributed by atoms with Crippen molar-refractivity contribution in [1.82, 2.24) is 19.2 Å². The minimum absolute atomic E-state index is 0.224. The van der Waals surface area contributed by atoms with Gasteiger partial charge in [0.25, 0.3) is 10.0 Å². The Balaban J connectivity index is 1.45. The van der Waals surface area contributed by atoms with E-state index in [2.05, 4.69) is 21.2 Å². The number of nitrogens with one attached hydrogen (secondary N) is 1. The summed E-state index contributed by atoms with van der Waals surface area (Å²) in [5.74, 6) is -0.0945. The molecule has 0 atom stereocenters. The molecular weight excluding hydrogens is 452 g/mol. The molecule has 8 nitrogen and oxygen atoms in total. The summed E-state index contributed by atoms with van der Waals surface area (Å²) in [4.78, 5) is 4.91. The lowest BCUT2D eigenvalue weighted by atomic mass is 9.81. The molecule has 1 saturated carbocycles. The predicted octanol–water partition coefficient (Wildman–Crippen LogP) is 4.37. The van der Waals surface area contributed by atoms with Crippen molar-refractivity contribution >= 4 is 21.1 Å². The zero-order valence-corrected chi connectivity index (χ0v) is 19.7. The Morgan fingerprint density at radius 1 is 1.09 bits per heavy atom. The number of hydrogen-bond donors (Lipinski definition) is 1.